The van der Waals surface area contributed by atoms with Crippen molar-refractivity contribution in [3.05, 3.63) is 16.1 Å². The SMILES string of the molecule is CC(C)c1ncc(C(=O)N2CCNCC2)s1.Cl. The minimum absolute atomic E-state index is 0. The van der Waals surface area contributed by atoms with Gasteiger partial charge in [0, 0.05) is 32.1 Å². The van der Waals surface area contributed by atoms with Crippen molar-refractivity contribution in [2.75, 3.05) is 26.2 Å². The smallest absolute Gasteiger partial charge is 0.265 e. The zero-order chi connectivity index (χ0) is 11.5. The van der Waals surface area contributed by atoms with Gasteiger partial charge in [0.05, 0.1) is 11.2 Å². The Morgan fingerprint density at radius 3 is 2.65 bits per heavy atom. The summed E-state index contributed by atoms with van der Waals surface area (Å²) in [4.78, 5) is 19.1. The Kier molecular flexibility index (Phi) is 5.36. The Hall–Kier alpha value is -0.650. The maximum Gasteiger partial charge on any atom is 0.265 e. The van der Waals surface area contributed by atoms with E-state index in [4.69, 9.17) is 0 Å². The molecule has 6 heteroatoms. The highest BCUT2D eigenvalue weighted by Crippen LogP contribution is 2.22. The first-order chi connectivity index (χ1) is 7.68. The summed E-state index contributed by atoms with van der Waals surface area (Å²) in [5, 5.41) is 4.28. The second kappa shape index (κ2) is 6.33. The number of nitrogens with one attached hydrogen (secondary N) is 1. The minimum Gasteiger partial charge on any atom is -0.335 e. The summed E-state index contributed by atoms with van der Waals surface area (Å²) in [5.41, 5.74) is 0. The van der Waals surface area contributed by atoms with Gasteiger partial charge >= 0.3 is 0 Å². The lowest BCUT2D eigenvalue weighted by Gasteiger charge is -2.26. The van der Waals surface area contributed by atoms with Crippen molar-refractivity contribution in [3.8, 4) is 0 Å². The zero-order valence-corrected chi connectivity index (χ0v) is 11.7. The number of piperazine rings is 1. The number of halogens is 1. The van der Waals surface area contributed by atoms with Gasteiger partial charge in [-0.3, -0.25) is 4.79 Å². The molecule has 0 spiro atoms. The molecule has 1 saturated heterocycles. The van der Waals surface area contributed by atoms with Gasteiger partial charge in [-0.1, -0.05) is 13.8 Å². The highest BCUT2D eigenvalue weighted by molar-refractivity contribution is 7.13. The fraction of sp³-hybridized carbons (Fsp3) is 0.636. The Morgan fingerprint density at radius 1 is 1.47 bits per heavy atom. The van der Waals surface area contributed by atoms with Crippen molar-refractivity contribution < 1.29 is 4.79 Å². The summed E-state index contributed by atoms with van der Waals surface area (Å²) < 4.78 is 0. The van der Waals surface area contributed by atoms with Crippen molar-refractivity contribution in [3.63, 3.8) is 0 Å². The molecular formula is C11H18ClN3OS. The fourth-order valence-electron chi connectivity index (χ4n) is 1.68. The van der Waals surface area contributed by atoms with E-state index in [1.54, 1.807) is 6.20 Å². The number of thiazole rings is 1. The first-order valence-corrected chi connectivity index (χ1v) is 6.46. The van der Waals surface area contributed by atoms with Crippen LogP contribution in [0.25, 0.3) is 0 Å². The van der Waals surface area contributed by atoms with Gasteiger partial charge in [-0.05, 0) is 0 Å². The van der Waals surface area contributed by atoms with Crippen LogP contribution in [0.2, 0.25) is 0 Å². The lowest BCUT2D eigenvalue weighted by Crippen LogP contribution is -2.46. The second-order valence-electron chi connectivity index (χ2n) is 4.26. The number of amides is 1. The number of rotatable bonds is 2. The molecule has 1 aromatic heterocycles. The fourth-order valence-corrected chi connectivity index (χ4v) is 2.57. The van der Waals surface area contributed by atoms with E-state index in [1.807, 2.05) is 4.90 Å². The molecule has 4 nitrogen and oxygen atoms in total. The highest BCUT2D eigenvalue weighted by atomic mass is 35.5. The quantitative estimate of drug-likeness (QED) is 0.894. The number of nitrogens with zero attached hydrogens (tertiary/aromatic N) is 2. The minimum atomic E-state index is 0. The van der Waals surface area contributed by atoms with E-state index in [2.05, 4.69) is 24.1 Å². The van der Waals surface area contributed by atoms with Crippen LogP contribution in [0.5, 0.6) is 0 Å². The van der Waals surface area contributed by atoms with Crippen LogP contribution >= 0.6 is 23.7 Å². The number of hydrogen-bond donors (Lipinski definition) is 1. The molecule has 17 heavy (non-hydrogen) atoms. The van der Waals surface area contributed by atoms with E-state index in [0.717, 1.165) is 36.1 Å². The van der Waals surface area contributed by atoms with Gasteiger partial charge in [0.2, 0.25) is 0 Å². The van der Waals surface area contributed by atoms with E-state index in [1.165, 1.54) is 11.3 Å². The van der Waals surface area contributed by atoms with Crippen LogP contribution in [-0.2, 0) is 0 Å². The second-order valence-corrected chi connectivity index (χ2v) is 5.32. The van der Waals surface area contributed by atoms with E-state index in [0.29, 0.717) is 5.92 Å². The molecule has 1 N–H and O–H groups in total. The van der Waals surface area contributed by atoms with Crippen LogP contribution in [0.15, 0.2) is 6.20 Å². The molecule has 0 unspecified atom stereocenters. The van der Waals surface area contributed by atoms with Crippen LogP contribution in [0.4, 0.5) is 0 Å². The number of carbonyl (C=O) groups excluding carboxylic acids is 1. The first kappa shape index (κ1) is 14.4. The summed E-state index contributed by atoms with van der Waals surface area (Å²) >= 11 is 1.52. The van der Waals surface area contributed by atoms with Crippen LogP contribution in [0.1, 0.15) is 34.4 Å². The predicted octanol–water partition coefficient (Wildman–Crippen LogP) is 1.73. The van der Waals surface area contributed by atoms with Crippen molar-refractivity contribution in [2.24, 2.45) is 0 Å². The standard InChI is InChI=1S/C11H17N3OS.ClH/c1-8(2)10-13-7-9(16-10)11(15)14-5-3-12-4-6-14;/h7-8,12H,3-6H2,1-2H3;1H. The third-order valence-electron chi connectivity index (χ3n) is 2.63. The molecule has 1 aliphatic rings. The lowest BCUT2D eigenvalue weighted by atomic mass is 10.2. The molecule has 0 aromatic carbocycles. The molecule has 0 saturated carbocycles. The Balaban J connectivity index is 0.00000144. The maximum atomic E-state index is 12.1. The van der Waals surface area contributed by atoms with E-state index in [9.17, 15) is 4.79 Å². The maximum absolute atomic E-state index is 12.1. The molecule has 0 radical (unpaired) electrons. The summed E-state index contributed by atoms with van der Waals surface area (Å²) in [6, 6.07) is 0. The van der Waals surface area contributed by atoms with Crippen LogP contribution < -0.4 is 5.32 Å². The molecule has 1 aromatic rings. The van der Waals surface area contributed by atoms with Crippen LogP contribution in [-0.4, -0.2) is 42.0 Å². The molecule has 0 aliphatic carbocycles. The molecule has 1 aliphatic heterocycles. The normalized spacial score (nSPS) is 15.8. The van der Waals surface area contributed by atoms with Crippen molar-refractivity contribution in [2.45, 2.75) is 19.8 Å². The largest absolute Gasteiger partial charge is 0.335 e. The Morgan fingerprint density at radius 2 is 2.12 bits per heavy atom. The predicted molar refractivity (Wildman–Crippen MR) is 72.2 cm³/mol. The van der Waals surface area contributed by atoms with Gasteiger partial charge in [0.1, 0.15) is 4.88 Å². The summed E-state index contributed by atoms with van der Waals surface area (Å²) in [6.07, 6.45) is 1.71. The molecule has 2 heterocycles. The third-order valence-corrected chi connectivity index (χ3v) is 3.92. The molecule has 96 valence electrons. The molecule has 1 amide bonds. The summed E-state index contributed by atoms with van der Waals surface area (Å²) in [6.45, 7) is 7.57. The molecule has 2 rings (SSSR count). The molecule has 1 fully saturated rings. The van der Waals surface area contributed by atoms with Gasteiger partial charge < -0.3 is 10.2 Å². The highest BCUT2D eigenvalue weighted by Gasteiger charge is 2.20. The topological polar surface area (TPSA) is 45.2 Å². The Bertz CT molecular complexity index is 375. The van der Waals surface area contributed by atoms with Gasteiger partial charge in [-0.25, -0.2) is 4.98 Å². The number of carbonyl (C=O) groups is 1. The number of aromatic nitrogens is 1. The van der Waals surface area contributed by atoms with Crippen molar-refractivity contribution in [1.82, 2.24) is 15.2 Å². The van der Waals surface area contributed by atoms with Crippen LogP contribution in [0.3, 0.4) is 0 Å². The van der Waals surface area contributed by atoms with Gasteiger partial charge in [-0.2, -0.15) is 0 Å². The molecule has 0 atom stereocenters. The monoisotopic (exact) mass is 275 g/mol. The zero-order valence-electron chi connectivity index (χ0n) is 10.1. The van der Waals surface area contributed by atoms with Crippen molar-refractivity contribution in [1.29, 1.82) is 0 Å². The summed E-state index contributed by atoms with van der Waals surface area (Å²) in [5.74, 6) is 0.528. The molecule has 0 bridgehead atoms. The summed E-state index contributed by atoms with van der Waals surface area (Å²) in [7, 11) is 0. The van der Waals surface area contributed by atoms with E-state index in [-0.39, 0.29) is 18.3 Å². The van der Waals surface area contributed by atoms with Gasteiger partial charge in [0.25, 0.3) is 5.91 Å². The van der Waals surface area contributed by atoms with Gasteiger partial charge in [-0.15, -0.1) is 23.7 Å². The van der Waals surface area contributed by atoms with E-state index < -0.39 is 0 Å². The average Bonchev–Trinajstić information content (AvgIpc) is 2.78. The van der Waals surface area contributed by atoms with Crippen molar-refractivity contribution >= 4 is 29.7 Å². The van der Waals surface area contributed by atoms with Gasteiger partial charge in [0.15, 0.2) is 0 Å². The number of hydrogen-bond acceptors (Lipinski definition) is 4. The van der Waals surface area contributed by atoms with Crippen LogP contribution in [0, 0.1) is 0 Å². The lowest BCUT2D eigenvalue weighted by molar-refractivity contribution is 0.0740. The third kappa shape index (κ3) is 3.40. The average molecular weight is 276 g/mol. The Labute approximate surface area is 112 Å². The molecular weight excluding hydrogens is 258 g/mol. The van der Waals surface area contributed by atoms with E-state index >= 15 is 0 Å². The first-order valence-electron chi connectivity index (χ1n) is 5.64.